The average Bonchev–Trinajstić information content (AvgIpc) is 2.81. The van der Waals surface area contributed by atoms with Crippen LogP contribution in [0.25, 0.3) is 11.6 Å². The summed E-state index contributed by atoms with van der Waals surface area (Å²) >= 11 is 0. The van der Waals surface area contributed by atoms with E-state index < -0.39 is 5.82 Å². The van der Waals surface area contributed by atoms with Crippen LogP contribution in [-0.4, -0.2) is 17.0 Å². The summed E-state index contributed by atoms with van der Waals surface area (Å²) in [5.41, 5.74) is 0.300. The van der Waals surface area contributed by atoms with Crippen LogP contribution in [0.3, 0.4) is 0 Å². The first-order valence-electron chi connectivity index (χ1n) is 5.46. The predicted octanol–water partition coefficient (Wildman–Crippen LogP) is 2.79. The highest BCUT2D eigenvalue weighted by Gasteiger charge is 2.13. The number of anilines is 1. The summed E-state index contributed by atoms with van der Waals surface area (Å²) in [5, 5.41) is 2.70. The second-order valence-electron chi connectivity index (χ2n) is 3.66. The lowest BCUT2D eigenvalue weighted by atomic mass is 10.3. The number of nitrogens with one attached hydrogen (secondary N) is 1. The van der Waals surface area contributed by atoms with E-state index in [0.29, 0.717) is 17.3 Å². The van der Waals surface area contributed by atoms with Crippen LogP contribution in [0.1, 0.15) is 18.4 Å². The van der Waals surface area contributed by atoms with Crippen molar-refractivity contribution in [3.05, 3.63) is 29.4 Å². The van der Waals surface area contributed by atoms with Gasteiger partial charge in [0.2, 0.25) is 0 Å². The van der Waals surface area contributed by atoms with Gasteiger partial charge in [-0.05, 0) is 19.1 Å². The number of hydrogen-bond acceptors (Lipinski definition) is 4. The van der Waals surface area contributed by atoms with Gasteiger partial charge in [-0.25, -0.2) is 14.4 Å². The van der Waals surface area contributed by atoms with Crippen molar-refractivity contribution in [1.29, 1.82) is 0 Å². The Morgan fingerprint density at radius 1 is 1.35 bits per heavy atom. The van der Waals surface area contributed by atoms with Crippen molar-refractivity contribution >= 4 is 5.82 Å². The zero-order chi connectivity index (χ0) is 12.4. The third kappa shape index (κ3) is 2.13. The molecule has 0 aliphatic carbocycles. The number of aromatic nitrogens is 2. The van der Waals surface area contributed by atoms with Crippen molar-refractivity contribution in [1.82, 2.24) is 9.97 Å². The Labute approximate surface area is 98.9 Å². The second-order valence-corrected chi connectivity index (χ2v) is 3.66. The molecule has 0 unspecified atom stereocenters. The van der Waals surface area contributed by atoms with Gasteiger partial charge in [-0.1, -0.05) is 6.92 Å². The summed E-state index contributed by atoms with van der Waals surface area (Å²) in [7, 11) is 1.62. The number of nitrogens with zero attached hydrogens (tertiary/aromatic N) is 2. The van der Waals surface area contributed by atoms with Gasteiger partial charge in [0.15, 0.2) is 23.2 Å². The maximum atomic E-state index is 13.6. The molecule has 0 aliphatic heterocycles. The second kappa shape index (κ2) is 4.53. The van der Waals surface area contributed by atoms with Crippen molar-refractivity contribution in [2.75, 3.05) is 12.4 Å². The Morgan fingerprint density at radius 3 is 2.71 bits per heavy atom. The summed E-state index contributed by atoms with van der Waals surface area (Å²) < 4.78 is 19.1. The number of aryl methyl sites for hydroxylation is 2. The number of furan rings is 1. The van der Waals surface area contributed by atoms with E-state index >= 15 is 0 Å². The molecule has 0 spiro atoms. The van der Waals surface area contributed by atoms with Gasteiger partial charge >= 0.3 is 0 Å². The molecule has 0 bridgehead atoms. The highest BCUT2D eigenvalue weighted by molar-refractivity contribution is 5.52. The first-order chi connectivity index (χ1) is 8.15. The van der Waals surface area contributed by atoms with E-state index in [-0.39, 0.29) is 5.82 Å². The molecule has 0 aliphatic rings. The van der Waals surface area contributed by atoms with E-state index in [9.17, 15) is 4.39 Å². The first-order valence-corrected chi connectivity index (χ1v) is 5.46. The molecule has 2 aromatic heterocycles. The summed E-state index contributed by atoms with van der Waals surface area (Å²) in [5.74, 6) is 1.56. The smallest absolute Gasteiger partial charge is 0.198 e. The van der Waals surface area contributed by atoms with Crippen LogP contribution in [0.4, 0.5) is 10.2 Å². The lowest BCUT2D eigenvalue weighted by Gasteiger charge is -2.05. The molecule has 0 saturated heterocycles. The van der Waals surface area contributed by atoms with Crippen LogP contribution in [0.5, 0.6) is 0 Å². The van der Waals surface area contributed by atoms with Gasteiger partial charge in [0.1, 0.15) is 5.76 Å². The van der Waals surface area contributed by atoms with E-state index in [2.05, 4.69) is 15.3 Å². The van der Waals surface area contributed by atoms with Crippen molar-refractivity contribution in [3.63, 3.8) is 0 Å². The topological polar surface area (TPSA) is 51.0 Å². The fourth-order valence-corrected chi connectivity index (χ4v) is 1.52. The molecular formula is C12H14FN3O. The molecule has 2 heterocycles. The van der Waals surface area contributed by atoms with Gasteiger partial charge < -0.3 is 9.73 Å². The van der Waals surface area contributed by atoms with Gasteiger partial charge in [0.25, 0.3) is 0 Å². The van der Waals surface area contributed by atoms with E-state index in [0.717, 1.165) is 12.2 Å². The molecule has 0 amide bonds. The first kappa shape index (κ1) is 11.6. The maximum absolute atomic E-state index is 13.6. The monoisotopic (exact) mass is 235 g/mol. The Kier molecular flexibility index (Phi) is 3.08. The number of halogens is 1. The molecule has 0 radical (unpaired) electrons. The van der Waals surface area contributed by atoms with E-state index in [1.54, 1.807) is 20.0 Å². The Bertz CT molecular complexity index is 537. The Hall–Kier alpha value is -1.91. The number of hydrogen-bond donors (Lipinski definition) is 1. The highest BCUT2D eigenvalue weighted by Crippen LogP contribution is 2.22. The molecule has 0 fully saturated rings. The van der Waals surface area contributed by atoms with E-state index in [1.807, 2.05) is 13.0 Å². The zero-order valence-electron chi connectivity index (χ0n) is 10.0. The van der Waals surface area contributed by atoms with Crippen molar-refractivity contribution < 1.29 is 8.81 Å². The molecule has 0 saturated carbocycles. The van der Waals surface area contributed by atoms with Crippen LogP contribution in [0, 0.1) is 12.7 Å². The summed E-state index contributed by atoms with van der Waals surface area (Å²) in [6, 6.07) is 3.67. The predicted molar refractivity (Wildman–Crippen MR) is 63.4 cm³/mol. The minimum atomic E-state index is -0.432. The van der Waals surface area contributed by atoms with Gasteiger partial charge in [0.05, 0.1) is 5.69 Å². The van der Waals surface area contributed by atoms with Gasteiger partial charge in [-0.15, -0.1) is 0 Å². The Balaban J connectivity index is 2.48. The standard InChI is InChI=1S/C12H14FN3O/c1-4-8-5-6-9(17-8)11-15-7(2)10(13)12(14-3)16-11/h5-6H,4H2,1-3H3,(H,14,15,16). The van der Waals surface area contributed by atoms with Gasteiger partial charge in [0, 0.05) is 13.5 Å². The molecule has 0 atom stereocenters. The molecule has 5 heteroatoms. The SMILES string of the molecule is CCc1ccc(-c2nc(C)c(F)c(NC)n2)o1. The molecule has 90 valence electrons. The van der Waals surface area contributed by atoms with Gasteiger partial charge in [-0.3, -0.25) is 0 Å². The minimum Gasteiger partial charge on any atom is -0.458 e. The van der Waals surface area contributed by atoms with Crippen molar-refractivity contribution in [3.8, 4) is 11.6 Å². The lowest BCUT2D eigenvalue weighted by Crippen LogP contribution is -2.03. The summed E-state index contributed by atoms with van der Waals surface area (Å²) in [6.45, 7) is 3.60. The van der Waals surface area contributed by atoms with Crippen LogP contribution in [0.15, 0.2) is 16.5 Å². The minimum absolute atomic E-state index is 0.182. The Morgan fingerprint density at radius 2 is 2.12 bits per heavy atom. The highest BCUT2D eigenvalue weighted by atomic mass is 19.1. The summed E-state index contributed by atoms with van der Waals surface area (Å²) in [4.78, 5) is 8.16. The van der Waals surface area contributed by atoms with Crippen LogP contribution in [-0.2, 0) is 6.42 Å². The molecule has 4 nitrogen and oxygen atoms in total. The van der Waals surface area contributed by atoms with E-state index in [1.165, 1.54) is 0 Å². The van der Waals surface area contributed by atoms with E-state index in [4.69, 9.17) is 4.42 Å². The normalized spacial score (nSPS) is 10.6. The molecule has 0 aromatic carbocycles. The average molecular weight is 235 g/mol. The van der Waals surface area contributed by atoms with Crippen LogP contribution in [0.2, 0.25) is 0 Å². The summed E-state index contributed by atoms with van der Waals surface area (Å²) in [6.07, 6.45) is 0.805. The van der Waals surface area contributed by atoms with Crippen molar-refractivity contribution in [2.24, 2.45) is 0 Å². The molecular weight excluding hydrogens is 221 g/mol. The van der Waals surface area contributed by atoms with Crippen LogP contribution >= 0.6 is 0 Å². The van der Waals surface area contributed by atoms with Crippen molar-refractivity contribution in [2.45, 2.75) is 20.3 Å². The van der Waals surface area contributed by atoms with Crippen LogP contribution < -0.4 is 5.32 Å². The largest absolute Gasteiger partial charge is 0.458 e. The number of rotatable bonds is 3. The fraction of sp³-hybridized carbons (Fsp3) is 0.333. The zero-order valence-corrected chi connectivity index (χ0v) is 10.0. The lowest BCUT2D eigenvalue weighted by molar-refractivity contribution is 0.524. The third-order valence-electron chi connectivity index (χ3n) is 2.48. The molecule has 1 N–H and O–H groups in total. The molecule has 17 heavy (non-hydrogen) atoms. The maximum Gasteiger partial charge on any atom is 0.198 e. The molecule has 2 aromatic rings. The quantitative estimate of drug-likeness (QED) is 0.888. The molecule has 2 rings (SSSR count). The van der Waals surface area contributed by atoms with Gasteiger partial charge in [-0.2, -0.15) is 0 Å². The fourth-order valence-electron chi connectivity index (χ4n) is 1.52. The third-order valence-corrected chi connectivity index (χ3v) is 2.48.